The van der Waals surface area contributed by atoms with Gasteiger partial charge in [0.25, 0.3) is 0 Å². The van der Waals surface area contributed by atoms with Crippen molar-refractivity contribution in [2.45, 2.75) is 45.8 Å². The van der Waals surface area contributed by atoms with E-state index in [4.69, 9.17) is 0 Å². The fraction of sp³-hybridized carbons (Fsp3) is 0.667. The van der Waals surface area contributed by atoms with Crippen LogP contribution in [0.1, 0.15) is 32.8 Å². The van der Waals surface area contributed by atoms with Crippen molar-refractivity contribution in [3.05, 3.63) is 30.1 Å². The largest absolute Gasteiger partial charge is 0.311 e. The average Bonchev–Trinajstić information content (AvgIpc) is 2.39. The minimum Gasteiger partial charge on any atom is -0.311 e. The van der Waals surface area contributed by atoms with E-state index in [1.807, 2.05) is 18.5 Å². The molecule has 2 heterocycles. The Kier molecular flexibility index (Phi) is 4.72. The first kappa shape index (κ1) is 13.5. The molecule has 18 heavy (non-hydrogen) atoms. The van der Waals surface area contributed by atoms with Crippen LogP contribution in [0, 0.1) is 5.92 Å². The van der Waals surface area contributed by atoms with Crippen molar-refractivity contribution >= 4 is 0 Å². The van der Waals surface area contributed by atoms with E-state index in [2.05, 4.69) is 42.0 Å². The van der Waals surface area contributed by atoms with Crippen molar-refractivity contribution in [1.82, 2.24) is 15.2 Å². The molecule has 3 heteroatoms. The van der Waals surface area contributed by atoms with Gasteiger partial charge in [-0.05, 0) is 24.0 Å². The summed E-state index contributed by atoms with van der Waals surface area (Å²) in [5.74, 6) is 0.694. The smallest absolute Gasteiger partial charge is 0.0312 e. The Balaban J connectivity index is 2.02. The topological polar surface area (TPSA) is 28.2 Å². The third-order valence-electron chi connectivity index (χ3n) is 3.95. The quantitative estimate of drug-likeness (QED) is 0.885. The maximum absolute atomic E-state index is 4.21. The summed E-state index contributed by atoms with van der Waals surface area (Å²) in [6, 6.07) is 5.47. The molecule has 1 aliphatic rings. The number of piperazine rings is 1. The molecular formula is C15H25N3. The molecule has 100 valence electrons. The molecule has 2 unspecified atom stereocenters. The Morgan fingerprint density at radius 2 is 2.33 bits per heavy atom. The highest BCUT2D eigenvalue weighted by molar-refractivity contribution is 5.09. The van der Waals surface area contributed by atoms with E-state index in [1.165, 1.54) is 12.0 Å². The summed E-state index contributed by atoms with van der Waals surface area (Å²) in [5.41, 5.74) is 1.32. The second-order valence-corrected chi connectivity index (χ2v) is 5.61. The lowest BCUT2D eigenvalue weighted by molar-refractivity contribution is 0.103. The van der Waals surface area contributed by atoms with Crippen LogP contribution < -0.4 is 5.32 Å². The molecule has 0 saturated carbocycles. The molecule has 3 nitrogen and oxygen atoms in total. The molecular weight excluding hydrogens is 222 g/mol. The van der Waals surface area contributed by atoms with E-state index in [9.17, 15) is 0 Å². The van der Waals surface area contributed by atoms with Gasteiger partial charge in [0.15, 0.2) is 0 Å². The Labute approximate surface area is 111 Å². The highest BCUT2D eigenvalue weighted by Crippen LogP contribution is 2.17. The van der Waals surface area contributed by atoms with Crippen LogP contribution in [0.2, 0.25) is 0 Å². The monoisotopic (exact) mass is 247 g/mol. The molecule has 1 aliphatic heterocycles. The van der Waals surface area contributed by atoms with E-state index in [0.29, 0.717) is 18.0 Å². The first-order valence-electron chi connectivity index (χ1n) is 7.07. The predicted octanol–water partition coefficient (Wildman–Crippen LogP) is 2.29. The van der Waals surface area contributed by atoms with Crippen molar-refractivity contribution in [3.8, 4) is 0 Å². The number of pyridine rings is 1. The van der Waals surface area contributed by atoms with Crippen LogP contribution in [-0.4, -0.2) is 35.1 Å². The first-order chi connectivity index (χ1) is 8.70. The van der Waals surface area contributed by atoms with Gasteiger partial charge < -0.3 is 5.32 Å². The van der Waals surface area contributed by atoms with Crippen LogP contribution >= 0.6 is 0 Å². The van der Waals surface area contributed by atoms with E-state index in [1.54, 1.807) is 0 Å². The molecule has 0 aromatic carbocycles. The number of nitrogens with zero attached hydrogens (tertiary/aromatic N) is 2. The summed E-state index contributed by atoms with van der Waals surface area (Å²) in [6.07, 6.45) is 5.03. The number of rotatable bonds is 4. The summed E-state index contributed by atoms with van der Waals surface area (Å²) in [7, 11) is 0. The number of aromatic nitrogens is 1. The molecule has 0 radical (unpaired) electrons. The Morgan fingerprint density at radius 3 is 2.94 bits per heavy atom. The zero-order valence-electron chi connectivity index (χ0n) is 11.8. The Hall–Kier alpha value is -0.930. The Bertz CT molecular complexity index is 350. The van der Waals surface area contributed by atoms with Crippen molar-refractivity contribution in [1.29, 1.82) is 0 Å². The lowest BCUT2D eigenvalue weighted by Gasteiger charge is -2.41. The molecule has 2 atom stereocenters. The first-order valence-corrected chi connectivity index (χ1v) is 7.07. The van der Waals surface area contributed by atoms with Gasteiger partial charge in [-0.3, -0.25) is 9.88 Å². The third kappa shape index (κ3) is 3.30. The van der Waals surface area contributed by atoms with Crippen LogP contribution in [0.15, 0.2) is 24.5 Å². The van der Waals surface area contributed by atoms with Crippen molar-refractivity contribution < 1.29 is 0 Å². The molecule has 0 spiro atoms. The normalized spacial score (nSPS) is 25.6. The minimum atomic E-state index is 0.615. The molecule has 1 saturated heterocycles. The highest BCUT2D eigenvalue weighted by atomic mass is 15.2. The molecule has 1 aromatic rings. The summed E-state index contributed by atoms with van der Waals surface area (Å²) in [5, 5.41) is 3.68. The average molecular weight is 247 g/mol. The van der Waals surface area contributed by atoms with E-state index < -0.39 is 0 Å². The van der Waals surface area contributed by atoms with Crippen molar-refractivity contribution in [2.24, 2.45) is 5.92 Å². The maximum Gasteiger partial charge on any atom is 0.0312 e. The Morgan fingerprint density at radius 1 is 1.50 bits per heavy atom. The molecule has 0 amide bonds. The molecule has 2 rings (SSSR count). The van der Waals surface area contributed by atoms with E-state index in [-0.39, 0.29) is 0 Å². The van der Waals surface area contributed by atoms with E-state index >= 15 is 0 Å². The number of hydrogen-bond acceptors (Lipinski definition) is 3. The summed E-state index contributed by atoms with van der Waals surface area (Å²) < 4.78 is 0. The van der Waals surface area contributed by atoms with Gasteiger partial charge in [0.1, 0.15) is 0 Å². The molecule has 1 fully saturated rings. The molecule has 1 aromatic heterocycles. The predicted molar refractivity (Wildman–Crippen MR) is 75.4 cm³/mol. The van der Waals surface area contributed by atoms with E-state index in [0.717, 1.165) is 19.6 Å². The van der Waals surface area contributed by atoms with Gasteiger partial charge in [0.2, 0.25) is 0 Å². The van der Waals surface area contributed by atoms with Gasteiger partial charge in [0, 0.05) is 44.1 Å². The maximum atomic E-state index is 4.21. The van der Waals surface area contributed by atoms with Crippen LogP contribution in [0.3, 0.4) is 0 Å². The lowest BCUT2D eigenvalue weighted by Crippen LogP contribution is -2.57. The third-order valence-corrected chi connectivity index (χ3v) is 3.95. The van der Waals surface area contributed by atoms with Crippen LogP contribution in [0.4, 0.5) is 0 Å². The van der Waals surface area contributed by atoms with Crippen LogP contribution in [0.5, 0.6) is 0 Å². The second kappa shape index (κ2) is 6.30. The van der Waals surface area contributed by atoms with Gasteiger partial charge in [-0.2, -0.15) is 0 Å². The summed E-state index contributed by atoms with van der Waals surface area (Å²) in [4.78, 5) is 6.82. The standard InChI is InChI=1S/C15H25N3/c1-4-14-9-17-15(12(2)3)11-18(14)10-13-6-5-7-16-8-13/h5-8,12,14-15,17H,4,9-11H2,1-3H3. The van der Waals surface area contributed by atoms with Crippen molar-refractivity contribution in [2.75, 3.05) is 13.1 Å². The number of nitrogens with one attached hydrogen (secondary N) is 1. The highest BCUT2D eigenvalue weighted by Gasteiger charge is 2.28. The van der Waals surface area contributed by atoms with Gasteiger partial charge in [0.05, 0.1) is 0 Å². The van der Waals surface area contributed by atoms with Gasteiger partial charge in [-0.15, -0.1) is 0 Å². The second-order valence-electron chi connectivity index (χ2n) is 5.61. The fourth-order valence-corrected chi connectivity index (χ4v) is 2.65. The molecule has 0 aliphatic carbocycles. The van der Waals surface area contributed by atoms with Gasteiger partial charge in [-0.25, -0.2) is 0 Å². The zero-order chi connectivity index (χ0) is 13.0. The lowest BCUT2D eigenvalue weighted by atomic mass is 9.98. The minimum absolute atomic E-state index is 0.615. The molecule has 0 bridgehead atoms. The van der Waals surface area contributed by atoms with Crippen LogP contribution in [0.25, 0.3) is 0 Å². The van der Waals surface area contributed by atoms with Gasteiger partial charge >= 0.3 is 0 Å². The fourth-order valence-electron chi connectivity index (χ4n) is 2.65. The van der Waals surface area contributed by atoms with Gasteiger partial charge in [-0.1, -0.05) is 26.8 Å². The molecule has 1 N–H and O–H groups in total. The number of hydrogen-bond donors (Lipinski definition) is 1. The summed E-state index contributed by atoms with van der Waals surface area (Å²) in [6.45, 7) is 10.2. The summed E-state index contributed by atoms with van der Waals surface area (Å²) >= 11 is 0. The zero-order valence-corrected chi connectivity index (χ0v) is 11.8. The van der Waals surface area contributed by atoms with Crippen LogP contribution in [-0.2, 0) is 6.54 Å². The SMILES string of the molecule is CCC1CNC(C(C)C)CN1Cc1cccnc1. The van der Waals surface area contributed by atoms with Crippen molar-refractivity contribution in [3.63, 3.8) is 0 Å².